The fraction of sp³-hybridized carbons (Fsp3) is 0.429. The Hall–Kier alpha value is -1.77. The van der Waals surface area contributed by atoms with Gasteiger partial charge in [-0.15, -0.1) is 0 Å². The summed E-state index contributed by atoms with van der Waals surface area (Å²) in [6.07, 6.45) is 0. The molecule has 1 saturated heterocycles. The van der Waals surface area contributed by atoms with E-state index >= 15 is 0 Å². The summed E-state index contributed by atoms with van der Waals surface area (Å²) < 4.78 is 31.6. The quantitative estimate of drug-likeness (QED) is 0.771. The Balaban J connectivity index is 1.98. The van der Waals surface area contributed by atoms with Crippen LogP contribution < -0.4 is 4.72 Å². The summed E-state index contributed by atoms with van der Waals surface area (Å²) in [5.74, 6) is -0.424. The summed E-state index contributed by atoms with van der Waals surface area (Å²) in [4.78, 5) is 24.7. The van der Waals surface area contributed by atoms with Gasteiger partial charge in [-0.05, 0) is 19.1 Å². The molecule has 1 aliphatic rings. The topological polar surface area (TPSA) is 92.8 Å². The van der Waals surface area contributed by atoms with Crippen LogP contribution in [0.3, 0.4) is 0 Å². The summed E-state index contributed by atoms with van der Waals surface area (Å²) >= 11 is 0. The Bertz CT molecular complexity index is 648. The normalized spacial score (nSPS) is 15.6. The van der Waals surface area contributed by atoms with Crippen LogP contribution in [0.4, 0.5) is 0 Å². The highest BCUT2D eigenvalue weighted by Gasteiger charge is 2.20. The zero-order chi connectivity index (χ0) is 16.2. The molecule has 8 heteroatoms. The van der Waals surface area contributed by atoms with Crippen LogP contribution in [0.1, 0.15) is 17.3 Å². The Morgan fingerprint density at radius 2 is 1.77 bits per heavy atom. The van der Waals surface area contributed by atoms with Gasteiger partial charge in [-0.3, -0.25) is 9.59 Å². The Labute approximate surface area is 129 Å². The third-order valence-corrected chi connectivity index (χ3v) is 4.77. The molecule has 0 radical (unpaired) electrons. The SMILES string of the molecule is CC(=O)c1ccc(S(=O)(=O)NCC(=O)N2CCOCC2)cc1. The number of Topliss-reactive ketones (excluding diaryl/α,β-unsaturated/α-hetero) is 1. The van der Waals surface area contributed by atoms with E-state index in [9.17, 15) is 18.0 Å². The lowest BCUT2D eigenvalue weighted by Crippen LogP contribution is -2.45. The lowest BCUT2D eigenvalue weighted by atomic mass is 10.2. The number of ether oxygens (including phenoxy) is 1. The molecule has 0 unspecified atom stereocenters. The maximum absolute atomic E-state index is 12.1. The highest BCUT2D eigenvalue weighted by atomic mass is 32.2. The Morgan fingerprint density at radius 3 is 2.32 bits per heavy atom. The van der Waals surface area contributed by atoms with E-state index in [-0.39, 0.29) is 23.1 Å². The third kappa shape index (κ3) is 4.12. The molecule has 0 aliphatic carbocycles. The molecule has 0 atom stereocenters. The van der Waals surface area contributed by atoms with Gasteiger partial charge in [-0.25, -0.2) is 13.1 Å². The minimum atomic E-state index is -3.78. The van der Waals surface area contributed by atoms with E-state index in [1.807, 2.05) is 0 Å². The van der Waals surface area contributed by atoms with E-state index in [0.717, 1.165) is 0 Å². The van der Waals surface area contributed by atoms with Crippen molar-refractivity contribution >= 4 is 21.7 Å². The molecule has 1 aromatic rings. The molecule has 2 rings (SSSR count). The van der Waals surface area contributed by atoms with Crippen LogP contribution in [-0.4, -0.2) is 57.9 Å². The van der Waals surface area contributed by atoms with Gasteiger partial charge in [-0.1, -0.05) is 12.1 Å². The Morgan fingerprint density at radius 1 is 1.18 bits per heavy atom. The minimum absolute atomic E-state index is 0.0206. The predicted octanol–water partition coefficient (Wildman–Crippen LogP) is 0.0263. The summed E-state index contributed by atoms with van der Waals surface area (Å²) in [5, 5.41) is 0. The van der Waals surface area contributed by atoms with Crippen LogP contribution in [0.25, 0.3) is 0 Å². The van der Waals surface area contributed by atoms with Gasteiger partial charge in [0.25, 0.3) is 0 Å². The van der Waals surface area contributed by atoms with Crippen molar-refractivity contribution in [1.82, 2.24) is 9.62 Å². The van der Waals surface area contributed by atoms with Gasteiger partial charge in [-0.2, -0.15) is 0 Å². The molecule has 0 saturated carbocycles. The molecule has 0 spiro atoms. The van der Waals surface area contributed by atoms with Gasteiger partial charge in [0.05, 0.1) is 24.7 Å². The van der Waals surface area contributed by atoms with Crippen LogP contribution in [0.15, 0.2) is 29.2 Å². The van der Waals surface area contributed by atoms with Crippen molar-refractivity contribution in [2.45, 2.75) is 11.8 Å². The highest BCUT2D eigenvalue weighted by molar-refractivity contribution is 7.89. The number of ketones is 1. The zero-order valence-corrected chi connectivity index (χ0v) is 13.1. The first-order chi connectivity index (χ1) is 10.4. The van der Waals surface area contributed by atoms with E-state index in [0.29, 0.717) is 31.9 Å². The number of carbonyl (C=O) groups excluding carboxylic acids is 2. The number of rotatable bonds is 5. The highest BCUT2D eigenvalue weighted by Crippen LogP contribution is 2.11. The van der Waals surface area contributed by atoms with Crippen molar-refractivity contribution in [2.75, 3.05) is 32.8 Å². The van der Waals surface area contributed by atoms with Crippen molar-refractivity contribution < 1.29 is 22.7 Å². The summed E-state index contributed by atoms with van der Waals surface area (Å²) in [7, 11) is -3.78. The largest absolute Gasteiger partial charge is 0.378 e. The van der Waals surface area contributed by atoms with E-state index < -0.39 is 10.0 Å². The standard InChI is InChI=1S/C14H18N2O5S/c1-11(17)12-2-4-13(5-3-12)22(19,20)15-10-14(18)16-6-8-21-9-7-16/h2-5,15H,6-10H2,1H3. The average Bonchev–Trinajstić information content (AvgIpc) is 2.53. The number of nitrogens with one attached hydrogen (secondary N) is 1. The van der Waals surface area contributed by atoms with Gasteiger partial charge in [0.2, 0.25) is 15.9 Å². The number of sulfonamides is 1. The second kappa shape index (κ2) is 6.99. The number of morpholine rings is 1. The summed E-state index contributed by atoms with van der Waals surface area (Å²) in [6, 6.07) is 5.58. The van der Waals surface area contributed by atoms with Crippen LogP contribution in [-0.2, 0) is 19.6 Å². The first kappa shape index (κ1) is 16.6. The van der Waals surface area contributed by atoms with Crippen molar-refractivity contribution in [3.05, 3.63) is 29.8 Å². The van der Waals surface area contributed by atoms with E-state index in [2.05, 4.69) is 4.72 Å². The monoisotopic (exact) mass is 326 g/mol. The van der Waals surface area contributed by atoms with Gasteiger partial charge in [0, 0.05) is 18.7 Å². The minimum Gasteiger partial charge on any atom is -0.378 e. The van der Waals surface area contributed by atoms with Gasteiger partial charge >= 0.3 is 0 Å². The molecule has 22 heavy (non-hydrogen) atoms. The smallest absolute Gasteiger partial charge is 0.241 e. The Kier molecular flexibility index (Phi) is 5.28. The van der Waals surface area contributed by atoms with Crippen molar-refractivity contribution in [3.8, 4) is 0 Å². The first-order valence-electron chi connectivity index (χ1n) is 6.86. The molecule has 0 aromatic heterocycles. The fourth-order valence-corrected chi connectivity index (χ4v) is 3.01. The van der Waals surface area contributed by atoms with E-state index in [1.54, 1.807) is 4.90 Å². The van der Waals surface area contributed by atoms with E-state index in [1.165, 1.54) is 31.2 Å². The molecular formula is C14H18N2O5S. The zero-order valence-electron chi connectivity index (χ0n) is 12.2. The summed E-state index contributed by atoms with van der Waals surface area (Å²) in [5.41, 5.74) is 0.434. The molecule has 1 aliphatic heterocycles. The van der Waals surface area contributed by atoms with Gasteiger partial charge in [0.1, 0.15) is 0 Å². The number of hydrogen-bond donors (Lipinski definition) is 1. The number of amides is 1. The van der Waals surface area contributed by atoms with Crippen LogP contribution >= 0.6 is 0 Å². The molecule has 1 aromatic carbocycles. The molecule has 1 N–H and O–H groups in total. The van der Waals surface area contributed by atoms with Crippen LogP contribution in [0.5, 0.6) is 0 Å². The molecular weight excluding hydrogens is 308 g/mol. The molecule has 0 bridgehead atoms. The van der Waals surface area contributed by atoms with Gasteiger partial charge < -0.3 is 9.64 Å². The van der Waals surface area contributed by atoms with E-state index in [4.69, 9.17) is 4.74 Å². The number of benzene rings is 1. The van der Waals surface area contributed by atoms with Gasteiger partial charge in [0.15, 0.2) is 5.78 Å². The number of carbonyl (C=O) groups is 2. The number of hydrogen-bond acceptors (Lipinski definition) is 5. The maximum atomic E-state index is 12.1. The average molecular weight is 326 g/mol. The fourth-order valence-electron chi connectivity index (χ4n) is 2.03. The molecule has 7 nitrogen and oxygen atoms in total. The van der Waals surface area contributed by atoms with Crippen LogP contribution in [0.2, 0.25) is 0 Å². The lowest BCUT2D eigenvalue weighted by molar-refractivity contribution is -0.133. The molecule has 1 heterocycles. The van der Waals surface area contributed by atoms with Crippen molar-refractivity contribution in [3.63, 3.8) is 0 Å². The maximum Gasteiger partial charge on any atom is 0.241 e. The van der Waals surface area contributed by atoms with Crippen molar-refractivity contribution in [1.29, 1.82) is 0 Å². The molecule has 120 valence electrons. The molecule has 1 fully saturated rings. The second-order valence-corrected chi connectivity index (χ2v) is 6.67. The number of nitrogens with zero attached hydrogens (tertiary/aromatic N) is 1. The summed E-state index contributed by atoms with van der Waals surface area (Å²) in [6.45, 7) is 2.97. The first-order valence-corrected chi connectivity index (χ1v) is 8.34. The van der Waals surface area contributed by atoms with Crippen molar-refractivity contribution in [2.24, 2.45) is 0 Å². The second-order valence-electron chi connectivity index (χ2n) is 4.90. The lowest BCUT2D eigenvalue weighted by Gasteiger charge is -2.26. The van der Waals surface area contributed by atoms with Crippen LogP contribution in [0, 0.1) is 0 Å². The molecule has 1 amide bonds. The third-order valence-electron chi connectivity index (χ3n) is 3.35. The predicted molar refractivity (Wildman–Crippen MR) is 79.0 cm³/mol.